The Labute approximate surface area is 157 Å². The van der Waals surface area contributed by atoms with Crippen molar-refractivity contribution in [3.05, 3.63) is 46.6 Å². The first-order valence-electron chi connectivity index (χ1n) is 9.31. The van der Waals surface area contributed by atoms with Crippen LogP contribution in [0.2, 0.25) is 0 Å². The van der Waals surface area contributed by atoms with Gasteiger partial charge in [0.15, 0.2) is 0 Å². The van der Waals surface area contributed by atoms with E-state index in [1.807, 2.05) is 0 Å². The van der Waals surface area contributed by atoms with E-state index in [4.69, 9.17) is 9.47 Å². The van der Waals surface area contributed by atoms with Crippen molar-refractivity contribution in [2.45, 2.75) is 79.4 Å². The van der Waals surface area contributed by atoms with Crippen LogP contribution in [0.4, 0.5) is 0 Å². The first-order valence-corrected chi connectivity index (χ1v) is 9.31. The fraction of sp³-hybridized carbons (Fsp3) is 0.545. The largest absolute Gasteiger partial charge is 0.421 e. The van der Waals surface area contributed by atoms with Crippen LogP contribution in [0, 0.1) is 0 Å². The van der Waals surface area contributed by atoms with Gasteiger partial charge in [0.2, 0.25) is 0 Å². The summed E-state index contributed by atoms with van der Waals surface area (Å²) in [5, 5.41) is 0. The molecule has 0 saturated heterocycles. The maximum Gasteiger partial charge on any atom is 0.337 e. The summed E-state index contributed by atoms with van der Waals surface area (Å²) in [6, 6.07) is 0. The predicted octanol–water partition coefficient (Wildman–Crippen LogP) is 5.56. The second-order valence-electron chi connectivity index (χ2n) is 7.07. The first-order chi connectivity index (χ1) is 12.3. The molecule has 4 nitrogen and oxygen atoms in total. The molecule has 1 aliphatic rings. The van der Waals surface area contributed by atoms with Gasteiger partial charge in [-0.15, -0.1) is 0 Å². The summed E-state index contributed by atoms with van der Waals surface area (Å²) in [4.78, 5) is 22.6. The zero-order valence-corrected chi connectivity index (χ0v) is 16.8. The van der Waals surface area contributed by atoms with Gasteiger partial charge >= 0.3 is 11.9 Å². The zero-order chi connectivity index (χ0) is 19.5. The van der Waals surface area contributed by atoms with Gasteiger partial charge in [0.25, 0.3) is 6.29 Å². The van der Waals surface area contributed by atoms with Crippen LogP contribution in [0.15, 0.2) is 46.6 Å². The molecule has 0 radical (unpaired) electrons. The maximum absolute atomic E-state index is 11.7. The number of carbonyl (C=O) groups excluding carboxylic acids is 2. The first kappa shape index (κ1) is 21.9. The van der Waals surface area contributed by atoms with E-state index in [1.165, 1.54) is 23.6 Å². The van der Waals surface area contributed by atoms with E-state index in [2.05, 4.69) is 45.9 Å². The highest BCUT2D eigenvalue weighted by Gasteiger charge is 2.26. The molecule has 1 heterocycles. The van der Waals surface area contributed by atoms with Gasteiger partial charge in [0.05, 0.1) is 0 Å². The molecule has 0 aromatic carbocycles. The molecule has 144 valence electrons. The Morgan fingerprint density at radius 1 is 1.00 bits per heavy atom. The molecular formula is C22H32O4. The number of cyclic esters (lactones) is 1. The van der Waals surface area contributed by atoms with E-state index in [0.717, 1.165) is 32.1 Å². The van der Waals surface area contributed by atoms with Gasteiger partial charge in [-0.2, -0.15) is 0 Å². The molecule has 0 bridgehead atoms. The van der Waals surface area contributed by atoms with Crippen LogP contribution in [0.1, 0.15) is 73.1 Å². The molecule has 26 heavy (non-hydrogen) atoms. The van der Waals surface area contributed by atoms with Crippen LogP contribution in [-0.4, -0.2) is 18.2 Å². The Morgan fingerprint density at radius 2 is 1.58 bits per heavy atom. The Hall–Kier alpha value is -2.10. The fourth-order valence-corrected chi connectivity index (χ4v) is 2.67. The topological polar surface area (TPSA) is 52.6 Å². The Balaban J connectivity index is 2.32. The van der Waals surface area contributed by atoms with E-state index in [0.29, 0.717) is 12.0 Å². The summed E-state index contributed by atoms with van der Waals surface area (Å²) in [6.45, 7) is 9.87. The molecule has 0 saturated carbocycles. The highest BCUT2D eigenvalue weighted by molar-refractivity contribution is 5.90. The van der Waals surface area contributed by atoms with Crippen LogP contribution >= 0.6 is 0 Å². The maximum atomic E-state index is 11.7. The number of rotatable bonds is 10. The summed E-state index contributed by atoms with van der Waals surface area (Å²) >= 11 is 0. The highest BCUT2D eigenvalue weighted by atomic mass is 16.7. The third kappa shape index (κ3) is 9.40. The third-order valence-electron chi connectivity index (χ3n) is 4.13. The molecule has 0 spiro atoms. The molecule has 1 atom stereocenters. The molecule has 0 amide bonds. The van der Waals surface area contributed by atoms with Crippen molar-refractivity contribution in [3.8, 4) is 0 Å². The van der Waals surface area contributed by atoms with E-state index in [-0.39, 0.29) is 0 Å². The summed E-state index contributed by atoms with van der Waals surface area (Å²) in [5.74, 6) is -0.850. The van der Waals surface area contributed by atoms with E-state index in [1.54, 1.807) is 6.08 Å². The van der Waals surface area contributed by atoms with Crippen LogP contribution < -0.4 is 0 Å². The van der Waals surface area contributed by atoms with Crippen LogP contribution in [0.5, 0.6) is 0 Å². The SMILES string of the molecule is CC(=O)OC1C=C(CCC=C(C)CCC=C(C)CCC=C(C)C)C(=O)O1. The molecule has 0 aromatic rings. The van der Waals surface area contributed by atoms with Crippen molar-refractivity contribution in [1.82, 2.24) is 0 Å². The Kier molecular flexibility index (Phi) is 9.71. The molecule has 0 N–H and O–H groups in total. The van der Waals surface area contributed by atoms with Crippen molar-refractivity contribution in [2.24, 2.45) is 0 Å². The van der Waals surface area contributed by atoms with E-state index >= 15 is 0 Å². The number of ether oxygens (including phenoxy) is 2. The lowest BCUT2D eigenvalue weighted by atomic mass is 10.0. The van der Waals surface area contributed by atoms with Gasteiger partial charge in [0.1, 0.15) is 0 Å². The number of esters is 2. The summed E-state index contributed by atoms with van der Waals surface area (Å²) in [5.41, 5.74) is 4.71. The van der Waals surface area contributed by atoms with Gasteiger partial charge in [-0.3, -0.25) is 4.79 Å². The molecule has 4 heteroatoms. The number of allylic oxidation sites excluding steroid dienone is 6. The molecule has 1 aliphatic heterocycles. The van der Waals surface area contributed by atoms with Gasteiger partial charge < -0.3 is 9.47 Å². The summed E-state index contributed by atoms with van der Waals surface area (Å²) in [6.07, 6.45) is 13.2. The number of carbonyl (C=O) groups is 2. The van der Waals surface area contributed by atoms with Gasteiger partial charge in [-0.05, 0) is 66.2 Å². The lowest BCUT2D eigenvalue weighted by Gasteiger charge is -2.06. The van der Waals surface area contributed by atoms with Crippen molar-refractivity contribution in [1.29, 1.82) is 0 Å². The van der Waals surface area contributed by atoms with Crippen LogP contribution in [0.3, 0.4) is 0 Å². The molecule has 0 fully saturated rings. The third-order valence-corrected chi connectivity index (χ3v) is 4.13. The average Bonchev–Trinajstić information content (AvgIpc) is 2.85. The lowest BCUT2D eigenvalue weighted by molar-refractivity contribution is -0.171. The molecular weight excluding hydrogens is 328 g/mol. The van der Waals surface area contributed by atoms with Crippen molar-refractivity contribution < 1.29 is 19.1 Å². The number of hydrogen-bond acceptors (Lipinski definition) is 4. The average molecular weight is 360 g/mol. The highest BCUT2D eigenvalue weighted by Crippen LogP contribution is 2.20. The minimum atomic E-state index is -0.862. The molecule has 0 aliphatic carbocycles. The summed E-state index contributed by atoms with van der Waals surface area (Å²) < 4.78 is 9.85. The van der Waals surface area contributed by atoms with Crippen molar-refractivity contribution >= 4 is 11.9 Å². The van der Waals surface area contributed by atoms with E-state index < -0.39 is 18.2 Å². The predicted molar refractivity (Wildman–Crippen MR) is 104 cm³/mol. The molecule has 1 rings (SSSR count). The van der Waals surface area contributed by atoms with E-state index in [9.17, 15) is 9.59 Å². The second kappa shape index (κ2) is 11.5. The van der Waals surface area contributed by atoms with Crippen LogP contribution in [0.25, 0.3) is 0 Å². The number of hydrogen-bond donors (Lipinski definition) is 0. The monoisotopic (exact) mass is 360 g/mol. The summed E-state index contributed by atoms with van der Waals surface area (Å²) in [7, 11) is 0. The van der Waals surface area contributed by atoms with Gasteiger partial charge in [-0.1, -0.05) is 34.9 Å². The smallest absolute Gasteiger partial charge is 0.337 e. The Morgan fingerprint density at radius 3 is 2.15 bits per heavy atom. The van der Waals surface area contributed by atoms with Crippen LogP contribution in [-0.2, 0) is 19.1 Å². The lowest BCUT2D eigenvalue weighted by Crippen LogP contribution is -2.15. The normalized spacial score (nSPS) is 17.7. The second-order valence-corrected chi connectivity index (χ2v) is 7.07. The van der Waals surface area contributed by atoms with Crippen molar-refractivity contribution in [3.63, 3.8) is 0 Å². The standard InChI is InChI=1S/C22H32O4/c1-16(2)9-6-10-17(3)11-7-12-18(4)13-8-14-20-15-21(25-19(5)23)26-22(20)24/h9,11,13,15,21H,6-8,10,12,14H2,1-5H3. The quantitative estimate of drug-likeness (QED) is 0.378. The minimum Gasteiger partial charge on any atom is -0.421 e. The zero-order valence-electron chi connectivity index (χ0n) is 16.8. The Bertz CT molecular complexity index is 616. The molecule has 1 unspecified atom stereocenters. The minimum absolute atomic E-state index is 0.391. The van der Waals surface area contributed by atoms with Gasteiger partial charge in [-0.25, -0.2) is 4.79 Å². The van der Waals surface area contributed by atoms with Gasteiger partial charge in [0, 0.05) is 18.6 Å². The van der Waals surface area contributed by atoms with Crippen molar-refractivity contribution in [2.75, 3.05) is 0 Å². The fourth-order valence-electron chi connectivity index (χ4n) is 2.67. The molecule has 0 aromatic heterocycles.